The molecule has 0 atom stereocenters. The Morgan fingerprint density at radius 1 is 0.885 bits per heavy atom. The lowest BCUT2D eigenvalue weighted by Gasteiger charge is -2.08. The van der Waals surface area contributed by atoms with Crippen LogP contribution in [0.2, 0.25) is 0 Å². The van der Waals surface area contributed by atoms with Crippen molar-refractivity contribution in [2.24, 2.45) is 21.1 Å². The molecule has 0 bridgehead atoms. The monoisotopic (exact) mass is 360 g/mol. The number of imidazole rings is 1. The Morgan fingerprint density at radius 2 is 1.50 bits per heavy atom. The van der Waals surface area contributed by atoms with Crippen LogP contribution in [0.1, 0.15) is 0 Å². The molecule has 0 amide bonds. The van der Waals surface area contributed by atoms with E-state index in [1.165, 1.54) is 16.2 Å². The molecule has 0 unspecified atom stereocenters. The van der Waals surface area contributed by atoms with Crippen molar-refractivity contribution in [1.29, 1.82) is 0 Å². The molecular formula is C17H20N4O5. The normalized spacial score (nSPS) is 10.9. The first-order valence-corrected chi connectivity index (χ1v) is 7.96. The van der Waals surface area contributed by atoms with E-state index in [4.69, 9.17) is 14.2 Å². The average Bonchev–Trinajstić information content (AvgIpc) is 2.99. The highest BCUT2D eigenvalue weighted by Crippen LogP contribution is 2.17. The smallest absolute Gasteiger partial charge is 0.332 e. The second-order valence-electron chi connectivity index (χ2n) is 5.70. The van der Waals surface area contributed by atoms with E-state index in [0.29, 0.717) is 17.9 Å². The number of rotatable bonds is 6. The Labute approximate surface area is 149 Å². The van der Waals surface area contributed by atoms with Crippen LogP contribution < -0.4 is 25.5 Å². The first-order chi connectivity index (χ1) is 12.4. The first kappa shape index (κ1) is 17.6. The van der Waals surface area contributed by atoms with Crippen LogP contribution in [0.15, 0.2) is 33.9 Å². The van der Waals surface area contributed by atoms with Gasteiger partial charge in [0.2, 0.25) is 0 Å². The van der Waals surface area contributed by atoms with E-state index in [1.54, 1.807) is 45.5 Å². The largest absolute Gasteiger partial charge is 0.497 e. The Kier molecular flexibility index (Phi) is 4.70. The molecule has 0 saturated heterocycles. The lowest BCUT2D eigenvalue weighted by molar-refractivity contribution is 0.202. The van der Waals surface area contributed by atoms with Crippen molar-refractivity contribution in [3.05, 3.63) is 45.1 Å². The van der Waals surface area contributed by atoms with Gasteiger partial charge in [0.25, 0.3) is 11.6 Å². The van der Waals surface area contributed by atoms with E-state index < -0.39 is 11.2 Å². The summed E-state index contributed by atoms with van der Waals surface area (Å²) in [6.45, 7) is 0.532. The number of hydrogen-bond donors (Lipinski definition) is 0. The number of ether oxygens (including phenoxy) is 3. The van der Waals surface area contributed by atoms with Gasteiger partial charge in [-0.25, -0.2) is 4.79 Å². The molecule has 0 radical (unpaired) electrons. The number of nitrogens with zero attached hydrogens (tertiary/aromatic N) is 4. The van der Waals surface area contributed by atoms with Crippen LogP contribution in [0.5, 0.6) is 17.5 Å². The third-order valence-corrected chi connectivity index (χ3v) is 4.08. The summed E-state index contributed by atoms with van der Waals surface area (Å²) < 4.78 is 20.2. The van der Waals surface area contributed by atoms with E-state index >= 15 is 0 Å². The summed E-state index contributed by atoms with van der Waals surface area (Å²) in [5.74, 6) is 1.44. The summed E-state index contributed by atoms with van der Waals surface area (Å²) in [5.41, 5.74) is -0.259. The Bertz CT molecular complexity index is 1050. The molecule has 0 saturated carbocycles. The molecule has 0 N–H and O–H groups in total. The van der Waals surface area contributed by atoms with Crippen LogP contribution in [-0.4, -0.2) is 39.0 Å². The van der Waals surface area contributed by atoms with Crippen molar-refractivity contribution in [1.82, 2.24) is 18.7 Å². The number of aromatic nitrogens is 4. The molecule has 0 spiro atoms. The second-order valence-corrected chi connectivity index (χ2v) is 5.70. The van der Waals surface area contributed by atoms with Gasteiger partial charge in [-0.3, -0.25) is 18.5 Å². The van der Waals surface area contributed by atoms with Gasteiger partial charge in [0, 0.05) is 21.1 Å². The van der Waals surface area contributed by atoms with Gasteiger partial charge in [-0.2, -0.15) is 4.98 Å². The third-order valence-electron chi connectivity index (χ3n) is 4.08. The number of fused-ring (bicyclic) bond motifs is 1. The van der Waals surface area contributed by atoms with Gasteiger partial charge in [0.05, 0.1) is 7.11 Å². The fourth-order valence-corrected chi connectivity index (χ4v) is 2.59. The maximum absolute atomic E-state index is 12.3. The Balaban J connectivity index is 1.72. The molecule has 0 fully saturated rings. The highest BCUT2D eigenvalue weighted by Gasteiger charge is 2.17. The molecule has 3 rings (SSSR count). The summed E-state index contributed by atoms with van der Waals surface area (Å²) in [4.78, 5) is 28.6. The average molecular weight is 360 g/mol. The molecule has 138 valence electrons. The van der Waals surface area contributed by atoms with Crippen molar-refractivity contribution in [3.8, 4) is 17.5 Å². The molecule has 0 aliphatic carbocycles. The summed E-state index contributed by atoms with van der Waals surface area (Å²) in [6.07, 6.45) is 0. The highest BCUT2D eigenvalue weighted by atomic mass is 16.5. The standard InChI is InChI=1S/C17H20N4O5/c1-19-13-14(20(2)17(23)21(3)15(13)22)18-16(19)26-10-9-25-12-7-5-11(24-4)6-8-12/h5-8H,9-10H2,1-4H3. The van der Waals surface area contributed by atoms with Crippen molar-refractivity contribution in [3.63, 3.8) is 0 Å². The molecule has 0 aliphatic rings. The topological polar surface area (TPSA) is 89.5 Å². The summed E-state index contributed by atoms with van der Waals surface area (Å²) in [7, 11) is 6.26. The lowest BCUT2D eigenvalue weighted by atomic mass is 10.3. The van der Waals surface area contributed by atoms with Gasteiger partial charge in [-0.05, 0) is 24.3 Å². The van der Waals surface area contributed by atoms with Crippen LogP contribution in [0.3, 0.4) is 0 Å². The van der Waals surface area contributed by atoms with Gasteiger partial charge in [-0.15, -0.1) is 0 Å². The quantitative estimate of drug-likeness (QED) is 0.593. The minimum Gasteiger partial charge on any atom is -0.497 e. The SMILES string of the molecule is COc1ccc(OCCOc2nc3c(c(=O)n(C)c(=O)n3C)n2C)cc1. The first-order valence-electron chi connectivity index (χ1n) is 7.96. The van der Waals surface area contributed by atoms with Gasteiger partial charge >= 0.3 is 5.69 Å². The van der Waals surface area contributed by atoms with E-state index in [2.05, 4.69) is 4.98 Å². The number of benzene rings is 1. The van der Waals surface area contributed by atoms with Crippen molar-refractivity contribution >= 4 is 11.2 Å². The minimum absolute atomic E-state index is 0.234. The van der Waals surface area contributed by atoms with Gasteiger partial charge in [-0.1, -0.05) is 0 Å². The van der Waals surface area contributed by atoms with E-state index in [9.17, 15) is 9.59 Å². The molecule has 26 heavy (non-hydrogen) atoms. The number of hydrogen-bond acceptors (Lipinski definition) is 6. The molecule has 9 nitrogen and oxygen atoms in total. The van der Waals surface area contributed by atoms with Crippen molar-refractivity contribution in [2.45, 2.75) is 0 Å². The fraction of sp³-hybridized carbons (Fsp3) is 0.353. The van der Waals surface area contributed by atoms with Crippen LogP contribution in [0.4, 0.5) is 0 Å². The Morgan fingerprint density at radius 3 is 2.15 bits per heavy atom. The van der Waals surface area contributed by atoms with Gasteiger partial charge < -0.3 is 14.2 Å². The molecule has 2 aromatic heterocycles. The van der Waals surface area contributed by atoms with Crippen LogP contribution in [0.25, 0.3) is 11.2 Å². The second kappa shape index (κ2) is 6.95. The minimum atomic E-state index is -0.435. The number of aryl methyl sites for hydroxylation is 2. The zero-order valence-electron chi connectivity index (χ0n) is 15.1. The van der Waals surface area contributed by atoms with Crippen molar-refractivity contribution in [2.75, 3.05) is 20.3 Å². The molecule has 1 aromatic carbocycles. The highest BCUT2D eigenvalue weighted by molar-refractivity contribution is 5.71. The lowest BCUT2D eigenvalue weighted by Crippen LogP contribution is -2.37. The van der Waals surface area contributed by atoms with Crippen molar-refractivity contribution < 1.29 is 14.2 Å². The fourth-order valence-electron chi connectivity index (χ4n) is 2.59. The van der Waals surface area contributed by atoms with Crippen LogP contribution >= 0.6 is 0 Å². The third kappa shape index (κ3) is 3.03. The van der Waals surface area contributed by atoms with Gasteiger partial charge in [0.1, 0.15) is 24.7 Å². The predicted octanol–water partition coefficient (Wildman–Crippen LogP) is 0.437. The van der Waals surface area contributed by atoms with Gasteiger partial charge in [0.15, 0.2) is 11.2 Å². The molecule has 9 heteroatoms. The number of methoxy groups -OCH3 is 1. The van der Waals surface area contributed by atoms with E-state index in [-0.39, 0.29) is 18.3 Å². The maximum atomic E-state index is 12.3. The summed E-state index contributed by atoms with van der Waals surface area (Å²) in [5, 5.41) is 0. The molecule has 2 heterocycles. The summed E-state index contributed by atoms with van der Waals surface area (Å²) >= 11 is 0. The zero-order chi connectivity index (χ0) is 18.8. The predicted molar refractivity (Wildman–Crippen MR) is 95.2 cm³/mol. The maximum Gasteiger partial charge on any atom is 0.332 e. The van der Waals surface area contributed by atoms with Crippen LogP contribution in [-0.2, 0) is 21.1 Å². The summed E-state index contributed by atoms with van der Waals surface area (Å²) in [6, 6.07) is 7.45. The van der Waals surface area contributed by atoms with Crippen LogP contribution in [0, 0.1) is 0 Å². The van der Waals surface area contributed by atoms with E-state index in [0.717, 1.165) is 10.3 Å². The van der Waals surface area contributed by atoms with E-state index in [1.807, 2.05) is 0 Å². The molecule has 3 aromatic rings. The molecular weight excluding hydrogens is 340 g/mol. The Hall–Kier alpha value is -3.23. The molecule has 0 aliphatic heterocycles. The zero-order valence-corrected chi connectivity index (χ0v) is 15.1.